The van der Waals surface area contributed by atoms with E-state index in [1.165, 1.54) is 23.4 Å². The maximum Gasteiger partial charge on any atom is 0.329 e. The number of nitrogens with one attached hydrogen (secondary N) is 1. The first-order valence-electron chi connectivity index (χ1n) is 6.21. The minimum Gasteiger partial charge on any atom is -0.394 e. The normalized spacial score (nSPS) is 12.7. The number of imidazole rings is 1. The quantitative estimate of drug-likeness (QED) is 0.468. The summed E-state index contributed by atoms with van der Waals surface area (Å²) in [7, 11) is 1.52. The summed E-state index contributed by atoms with van der Waals surface area (Å²) in [6, 6.07) is 0. The minimum atomic E-state index is -0.880. The van der Waals surface area contributed by atoms with E-state index in [9.17, 15) is 14.7 Å². The van der Waals surface area contributed by atoms with Gasteiger partial charge >= 0.3 is 5.69 Å². The van der Waals surface area contributed by atoms with Gasteiger partial charge < -0.3 is 14.8 Å². The average molecular weight is 312 g/mol. The van der Waals surface area contributed by atoms with Crippen molar-refractivity contribution < 1.29 is 10.2 Å². The molecule has 1 atom stereocenters. The van der Waals surface area contributed by atoms with Gasteiger partial charge in [0.15, 0.2) is 16.3 Å². The number of thioether (sulfide) groups is 1. The summed E-state index contributed by atoms with van der Waals surface area (Å²) in [5, 5.41) is 18.7. The molecule has 0 saturated heterocycles. The second-order valence-electron chi connectivity index (χ2n) is 4.43. The number of aromatic nitrogens is 4. The maximum atomic E-state index is 12.0. The van der Waals surface area contributed by atoms with Crippen molar-refractivity contribution in [1.82, 2.24) is 19.1 Å². The number of H-pyrrole nitrogens is 1. The van der Waals surface area contributed by atoms with Crippen LogP contribution in [-0.4, -0.2) is 47.8 Å². The van der Waals surface area contributed by atoms with E-state index in [0.717, 1.165) is 0 Å². The third-order valence-corrected chi connectivity index (χ3v) is 4.02. The summed E-state index contributed by atoms with van der Waals surface area (Å²) in [6.45, 7) is 3.63. The van der Waals surface area contributed by atoms with Crippen LogP contribution >= 0.6 is 11.8 Å². The minimum absolute atomic E-state index is 0.225. The van der Waals surface area contributed by atoms with Crippen molar-refractivity contribution in [2.45, 2.75) is 17.8 Å². The topological polar surface area (TPSA) is 113 Å². The van der Waals surface area contributed by atoms with Crippen LogP contribution in [0.3, 0.4) is 0 Å². The van der Waals surface area contributed by atoms with E-state index in [1.54, 1.807) is 10.6 Å². The Morgan fingerprint density at radius 3 is 2.86 bits per heavy atom. The molecule has 0 saturated carbocycles. The number of hydrogen-bond acceptors (Lipinski definition) is 6. The fraction of sp³-hybridized carbons (Fsp3) is 0.417. The Kier molecular flexibility index (Phi) is 4.66. The predicted octanol–water partition coefficient (Wildman–Crippen LogP) is -0.945. The molecule has 2 heterocycles. The molecular weight excluding hydrogens is 296 g/mol. The highest BCUT2D eigenvalue weighted by Crippen LogP contribution is 2.22. The number of aromatic amines is 1. The summed E-state index contributed by atoms with van der Waals surface area (Å²) in [5.41, 5.74) is -0.510. The van der Waals surface area contributed by atoms with Crippen LogP contribution in [0.25, 0.3) is 11.2 Å². The number of aliphatic hydroxyl groups excluding tert-OH is 2. The number of fused-ring (bicyclic) bond motifs is 1. The van der Waals surface area contributed by atoms with E-state index >= 15 is 0 Å². The molecule has 0 fully saturated rings. The van der Waals surface area contributed by atoms with Gasteiger partial charge in [0.25, 0.3) is 5.56 Å². The molecule has 0 aromatic carbocycles. The fourth-order valence-corrected chi connectivity index (χ4v) is 2.77. The Balaban J connectivity index is 2.59. The Labute approximate surface area is 123 Å². The van der Waals surface area contributed by atoms with Crippen LogP contribution in [0, 0.1) is 0 Å². The molecule has 0 unspecified atom stereocenters. The van der Waals surface area contributed by atoms with Crippen LogP contribution in [0.4, 0.5) is 0 Å². The summed E-state index contributed by atoms with van der Waals surface area (Å²) >= 11 is 1.19. The number of hydrogen-bond donors (Lipinski definition) is 3. The Morgan fingerprint density at radius 1 is 1.52 bits per heavy atom. The van der Waals surface area contributed by atoms with Gasteiger partial charge in [-0.05, 0) is 0 Å². The van der Waals surface area contributed by atoms with E-state index in [2.05, 4.69) is 16.5 Å². The second-order valence-corrected chi connectivity index (χ2v) is 5.42. The maximum absolute atomic E-state index is 12.0. The lowest BCUT2D eigenvalue weighted by Gasteiger charge is -2.07. The van der Waals surface area contributed by atoms with E-state index in [1.807, 2.05) is 0 Å². The van der Waals surface area contributed by atoms with Gasteiger partial charge in [-0.15, -0.1) is 6.58 Å². The van der Waals surface area contributed by atoms with E-state index in [4.69, 9.17) is 5.11 Å². The molecule has 8 nitrogen and oxygen atoms in total. The van der Waals surface area contributed by atoms with Crippen LogP contribution < -0.4 is 11.2 Å². The lowest BCUT2D eigenvalue weighted by atomic mass is 10.4. The van der Waals surface area contributed by atoms with Crippen molar-refractivity contribution in [3.05, 3.63) is 33.5 Å². The first-order chi connectivity index (χ1) is 9.99. The molecule has 114 valence electrons. The highest BCUT2D eigenvalue weighted by Gasteiger charge is 2.17. The molecule has 3 N–H and O–H groups in total. The predicted molar refractivity (Wildman–Crippen MR) is 79.6 cm³/mol. The summed E-state index contributed by atoms with van der Waals surface area (Å²) in [4.78, 5) is 30.1. The van der Waals surface area contributed by atoms with Gasteiger partial charge in [-0.25, -0.2) is 9.78 Å². The molecular formula is C12H16N4O4S. The molecule has 0 spiro atoms. The van der Waals surface area contributed by atoms with E-state index < -0.39 is 17.4 Å². The molecule has 9 heteroatoms. The zero-order valence-electron chi connectivity index (χ0n) is 11.4. The standard InChI is InChI=1S/C12H16N4O4S/c1-3-4-16-8-9(15(2)11(20)14-10(8)19)13-12(16)21-6-7(18)5-17/h3,7,17-18H,1,4-6H2,2H3,(H,14,19,20)/t7-/m0/s1. The van der Waals surface area contributed by atoms with Gasteiger partial charge in [-0.3, -0.25) is 14.3 Å². The lowest BCUT2D eigenvalue weighted by molar-refractivity contribution is 0.113. The number of allylic oxidation sites excluding steroid dienone is 1. The molecule has 0 aliphatic carbocycles. The van der Waals surface area contributed by atoms with Crippen LogP contribution in [0.5, 0.6) is 0 Å². The summed E-state index contributed by atoms with van der Waals surface area (Å²) < 4.78 is 2.87. The molecule has 2 rings (SSSR count). The third kappa shape index (κ3) is 2.94. The number of aryl methyl sites for hydroxylation is 1. The summed E-state index contributed by atoms with van der Waals surface area (Å²) in [6.07, 6.45) is 0.729. The zero-order chi connectivity index (χ0) is 15.6. The average Bonchev–Trinajstić information content (AvgIpc) is 2.82. The van der Waals surface area contributed by atoms with Gasteiger partial charge in [-0.2, -0.15) is 0 Å². The highest BCUT2D eigenvalue weighted by atomic mass is 32.2. The largest absolute Gasteiger partial charge is 0.394 e. The van der Waals surface area contributed by atoms with Gasteiger partial charge in [0.2, 0.25) is 0 Å². The first kappa shape index (κ1) is 15.5. The zero-order valence-corrected chi connectivity index (χ0v) is 12.3. The van der Waals surface area contributed by atoms with Crippen molar-refractivity contribution in [2.24, 2.45) is 7.05 Å². The SMILES string of the molecule is C=CCn1c(SC[C@@H](O)CO)nc2c1c(=O)[nH]c(=O)n2C. The molecule has 0 amide bonds. The molecule has 0 bridgehead atoms. The second kappa shape index (κ2) is 6.29. The van der Waals surface area contributed by atoms with Gasteiger partial charge in [0, 0.05) is 19.3 Å². The van der Waals surface area contributed by atoms with Gasteiger partial charge in [0.1, 0.15) is 0 Å². The van der Waals surface area contributed by atoms with Crippen molar-refractivity contribution >= 4 is 22.9 Å². The number of nitrogens with zero attached hydrogens (tertiary/aromatic N) is 3. The molecule has 0 radical (unpaired) electrons. The van der Waals surface area contributed by atoms with Crippen molar-refractivity contribution in [1.29, 1.82) is 0 Å². The van der Waals surface area contributed by atoms with Crippen LogP contribution in [0.15, 0.2) is 27.4 Å². The smallest absolute Gasteiger partial charge is 0.329 e. The molecule has 0 aliphatic rings. The van der Waals surface area contributed by atoms with Gasteiger partial charge in [0.05, 0.1) is 12.7 Å². The number of aliphatic hydroxyl groups is 2. The molecule has 2 aromatic rings. The molecule has 2 aromatic heterocycles. The monoisotopic (exact) mass is 312 g/mol. The number of rotatable bonds is 6. The van der Waals surface area contributed by atoms with E-state index in [-0.39, 0.29) is 23.5 Å². The highest BCUT2D eigenvalue weighted by molar-refractivity contribution is 7.99. The Bertz CT molecular complexity index is 776. The van der Waals surface area contributed by atoms with Crippen molar-refractivity contribution in [3.63, 3.8) is 0 Å². The third-order valence-electron chi connectivity index (χ3n) is 2.90. The van der Waals surface area contributed by atoms with Gasteiger partial charge in [-0.1, -0.05) is 17.8 Å². The van der Waals surface area contributed by atoms with Crippen LogP contribution in [0.2, 0.25) is 0 Å². The van der Waals surface area contributed by atoms with Crippen molar-refractivity contribution in [2.75, 3.05) is 12.4 Å². The van der Waals surface area contributed by atoms with Crippen LogP contribution in [0.1, 0.15) is 0 Å². The Hall–Kier alpha value is -1.84. The molecule has 0 aliphatic heterocycles. The van der Waals surface area contributed by atoms with Crippen molar-refractivity contribution in [3.8, 4) is 0 Å². The fourth-order valence-electron chi connectivity index (χ4n) is 1.85. The van der Waals surface area contributed by atoms with E-state index in [0.29, 0.717) is 11.7 Å². The summed E-state index contributed by atoms with van der Waals surface area (Å²) in [5.74, 6) is 0.225. The molecule has 21 heavy (non-hydrogen) atoms. The van der Waals surface area contributed by atoms with Crippen LogP contribution in [-0.2, 0) is 13.6 Å². The lowest BCUT2D eigenvalue weighted by Crippen LogP contribution is -2.29. The Morgan fingerprint density at radius 2 is 2.24 bits per heavy atom. The first-order valence-corrected chi connectivity index (χ1v) is 7.20.